The minimum atomic E-state index is -6.97. The predicted octanol–water partition coefficient (Wildman–Crippen LogP) is 5.68. The largest absolute Gasteiger partial charge is 0.430 e. The first-order valence-electron chi connectivity index (χ1n) is 9.60. The molecule has 0 aromatic heterocycles. The Bertz CT molecular complexity index is 1310. The molecule has 3 aromatic carbocycles. The number of benzene rings is 3. The maximum absolute atomic E-state index is 14.8. The fourth-order valence-corrected chi connectivity index (χ4v) is 14.0. The number of nitrogens with zero attached hydrogens (tertiary/aromatic N) is 1. The van der Waals surface area contributed by atoms with E-state index in [4.69, 9.17) is 0 Å². The van der Waals surface area contributed by atoms with Gasteiger partial charge in [-0.2, -0.15) is 26.3 Å². The lowest BCUT2D eigenvalue weighted by atomic mass is 10.3. The van der Waals surface area contributed by atoms with Gasteiger partial charge in [0, 0.05) is 14.7 Å². The Kier molecular flexibility index (Phi) is 5.82. The van der Waals surface area contributed by atoms with Crippen molar-refractivity contribution in [2.24, 2.45) is 0 Å². The number of sulfonamides is 2. The van der Waals surface area contributed by atoms with Crippen LogP contribution in [-0.2, 0) is 20.0 Å². The Morgan fingerprint density at radius 1 is 0.514 bits per heavy atom. The highest BCUT2D eigenvalue weighted by atomic mass is 32.4. The molecule has 3 aromatic rings. The average Bonchev–Trinajstić information content (AvgIpc) is 2.82. The first-order chi connectivity index (χ1) is 16.2. The maximum Gasteiger partial charge on any atom is 0.430 e. The molecule has 1 fully saturated rings. The predicted molar refractivity (Wildman–Crippen MR) is 116 cm³/mol. The monoisotopic (exact) mass is 555 g/mol. The van der Waals surface area contributed by atoms with Crippen LogP contribution in [0.2, 0.25) is 0 Å². The van der Waals surface area contributed by atoms with E-state index in [1.165, 1.54) is 54.6 Å². The maximum atomic E-state index is 14.8. The highest BCUT2D eigenvalue weighted by molar-refractivity contribution is 8.41. The molecule has 5 nitrogen and oxygen atoms in total. The second-order valence-electron chi connectivity index (χ2n) is 7.30. The van der Waals surface area contributed by atoms with E-state index in [9.17, 15) is 43.2 Å². The Labute approximate surface area is 198 Å². The van der Waals surface area contributed by atoms with E-state index in [1.54, 1.807) is 0 Å². The Morgan fingerprint density at radius 3 is 1.03 bits per heavy atom. The van der Waals surface area contributed by atoms with E-state index < -0.39 is 49.8 Å². The summed E-state index contributed by atoms with van der Waals surface area (Å²) in [6.07, 6.45) is 0. The highest BCUT2D eigenvalue weighted by Gasteiger charge is 2.90. The van der Waals surface area contributed by atoms with Crippen molar-refractivity contribution >= 4 is 30.3 Å². The number of hydrogen-bond acceptors (Lipinski definition) is 4. The van der Waals surface area contributed by atoms with Crippen LogP contribution in [0, 0.1) is 0 Å². The zero-order valence-electron chi connectivity index (χ0n) is 17.2. The fourth-order valence-electron chi connectivity index (χ4n) is 3.62. The minimum absolute atomic E-state index is 0.277. The van der Waals surface area contributed by atoms with Gasteiger partial charge < -0.3 is 0 Å². The lowest BCUT2D eigenvalue weighted by Gasteiger charge is -2.52. The molecule has 0 saturated carbocycles. The van der Waals surface area contributed by atoms with Gasteiger partial charge in [0.2, 0.25) is 0 Å². The van der Waals surface area contributed by atoms with Crippen molar-refractivity contribution in [3.8, 4) is 0 Å². The molecule has 14 heteroatoms. The molecule has 35 heavy (non-hydrogen) atoms. The fraction of sp³-hybridized carbons (Fsp3) is 0.143. The summed E-state index contributed by atoms with van der Waals surface area (Å²) in [5.74, 6) is -6.75. The summed E-state index contributed by atoms with van der Waals surface area (Å²) < 4.78 is 139. The van der Waals surface area contributed by atoms with Gasteiger partial charge in [0.25, 0.3) is 0 Å². The molecule has 4 rings (SSSR count). The van der Waals surface area contributed by atoms with Gasteiger partial charge in [0.1, 0.15) is 0 Å². The van der Waals surface area contributed by atoms with Crippen LogP contribution in [0.1, 0.15) is 0 Å². The molecule has 0 aliphatic carbocycles. The smallest absolute Gasteiger partial charge is 0.204 e. The average molecular weight is 556 g/mol. The summed E-state index contributed by atoms with van der Waals surface area (Å²) in [6, 6.07) is 19.0. The van der Waals surface area contributed by atoms with E-state index in [1.807, 2.05) is 0 Å². The topological polar surface area (TPSA) is 71.5 Å². The van der Waals surface area contributed by atoms with Gasteiger partial charge in [-0.3, -0.25) is 0 Å². The van der Waals surface area contributed by atoms with Crippen molar-refractivity contribution < 1.29 is 43.2 Å². The van der Waals surface area contributed by atoms with Crippen molar-refractivity contribution in [1.82, 2.24) is 3.12 Å². The molecule has 0 bridgehead atoms. The van der Waals surface area contributed by atoms with E-state index in [-0.39, 0.29) is 14.7 Å². The molecule has 1 aliphatic heterocycles. The number of alkyl halides is 6. The molecule has 0 atom stereocenters. The third-order valence-electron chi connectivity index (χ3n) is 5.25. The van der Waals surface area contributed by atoms with Gasteiger partial charge >= 0.3 is 36.5 Å². The molecular weight excluding hydrogens is 540 g/mol. The second kappa shape index (κ2) is 7.98. The van der Waals surface area contributed by atoms with Crippen LogP contribution in [0.5, 0.6) is 0 Å². The van der Waals surface area contributed by atoms with Gasteiger partial charge in [0.15, 0.2) is 0 Å². The molecule has 0 N–H and O–H groups in total. The van der Waals surface area contributed by atoms with E-state index in [2.05, 4.69) is 0 Å². The minimum Gasteiger partial charge on any atom is -0.204 e. The molecule has 1 saturated heterocycles. The van der Waals surface area contributed by atoms with Crippen molar-refractivity contribution in [3.63, 3.8) is 0 Å². The molecule has 0 radical (unpaired) electrons. The third kappa shape index (κ3) is 3.12. The summed E-state index contributed by atoms with van der Waals surface area (Å²) in [5, 5.41) is -12.9. The van der Waals surface area contributed by atoms with Gasteiger partial charge in [0.05, 0.1) is 0 Å². The van der Waals surface area contributed by atoms with Gasteiger partial charge in [-0.25, -0.2) is 16.8 Å². The molecule has 188 valence electrons. The van der Waals surface area contributed by atoms with Crippen LogP contribution in [0.3, 0.4) is 0 Å². The van der Waals surface area contributed by atoms with Crippen molar-refractivity contribution in [3.05, 3.63) is 91.0 Å². The van der Waals surface area contributed by atoms with E-state index in [0.717, 1.165) is 36.4 Å². The van der Waals surface area contributed by atoms with Gasteiger partial charge in [-0.1, -0.05) is 64.8 Å². The third-order valence-corrected chi connectivity index (χ3v) is 14.8. The lowest BCUT2D eigenvalue weighted by molar-refractivity contribution is -0.248. The summed E-state index contributed by atoms with van der Waals surface area (Å²) in [6.45, 7) is 0. The first-order valence-corrected chi connectivity index (χ1v) is 14.1. The lowest BCUT2D eigenvalue weighted by Crippen LogP contribution is -2.71. The molecular formula is C21H15F6NO4S3. The Morgan fingerprint density at radius 2 is 0.771 bits per heavy atom. The normalized spacial score (nSPS) is 22.8. The van der Waals surface area contributed by atoms with Crippen molar-refractivity contribution in [2.75, 3.05) is 0 Å². The first kappa shape index (κ1) is 25.5. The van der Waals surface area contributed by atoms with Gasteiger partial charge in [-0.05, 0) is 39.5 Å². The zero-order chi connectivity index (χ0) is 25.9. The number of rotatable bonds is 4. The quantitative estimate of drug-likeness (QED) is 0.389. The van der Waals surface area contributed by atoms with E-state index in [0.29, 0.717) is 0 Å². The molecule has 0 amide bonds. The second-order valence-corrected chi connectivity index (χ2v) is 14.6. The summed E-state index contributed by atoms with van der Waals surface area (Å²) in [7, 11) is -18.2. The summed E-state index contributed by atoms with van der Waals surface area (Å²) >= 11 is 0. The summed E-state index contributed by atoms with van der Waals surface area (Å²) in [4.78, 5) is -0.830. The van der Waals surface area contributed by atoms with Crippen LogP contribution in [0.15, 0.2) is 106 Å². The van der Waals surface area contributed by atoms with Gasteiger partial charge in [-0.15, -0.1) is 0 Å². The van der Waals surface area contributed by atoms with Crippen LogP contribution in [0.25, 0.3) is 0 Å². The van der Waals surface area contributed by atoms with Crippen LogP contribution in [0.4, 0.5) is 26.3 Å². The Balaban J connectivity index is 2.30. The highest BCUT2D eigenvalue weighted by Crippen LogP contribution is 2.76. The van der Waals surface area contributed by atoms with Crippen LogP contribution >= 0.6 is 10.2 Å². The SMILES string of the molecule is O=S1(=O)N(S(c2ccccc2)(c2ccccc2)c2ccccc2)S(=O)(=O)C(F)(F)C(F)(F)C1(F)F. The number of halogens is 6. The van der Waals surface area contributed by atoms with Crippen LogP contribution in [-0.4, -0.2) is 36.4 Å². The van der Waals surface area contributed by atoms with Crippen molar-refractivity contribution in [2.45, 2.75) is 31.1 Å². The van der Waals surface area contributed by atoms with Crippen molar-refractivity contribution in [1.29, 1.82) is 0 Å². The molecule has 0 unspecified atom stereocenters. The molecule has 1 heterocycles. The Hall–Kier alpha value is -2.55. The molecule has 0 spiro atoms. The van der Waals surface area contributed by atoms with Crippen LogP contribution < -0.4 is 0 Å². The molecule has 1 aliphatic rings. The zero-order valence-corrected chi connectivity index (χ0v) is 19.7. The number of hydrogen-bond donors (Lipinski definition) is 0. The van der Waals surface area contributed by atoms with E-state index >= 15 is 0 Å². The summed E-state index contributed by atoms with van der Waals surface area (Å²) in [5.41, 5.74) is 0. The standard InChI is InChI=1S/C21H15F6NO4S3/c22-19(23)20(24,25)34(29,30)28(35(31,32)21(19,26)27)33(16-10-4-1-5-11-16,17-12-6-2-7-13-17)18-14-8-3-9-15-18/h1-15H.